The normalized spacial score (nSPS) is 10.6. The molecule has 0 saturated carbocycles. The highest BCUT2D eigenvalue weighted by Gasteiger charge is 2.15. The van der Waals surface area contributed by atoms with Crippen molar-refractivity contribution in [3.05, 3.63) is 69.8 Å². The summed E-state index contributed by atoms with van der Waals surface area (Å²) in [6, 6.07) is 13.7. The van der Waals surface area contributed by atoms with E-state index in [4.69, 9.17) is 10.00 Å². The Kier molecular flexibility index (Phi) is 6.39. The molecule has 0 atom stereocenters. The maximum absolute atomic E-state index is 12.4. The summed E-state index contributed by atoms with van der Waals surface area (Å²) in [6.45, 7) is 1.19. The summed E-state index contributed by atoms with van der Waals surface area (Å²) in [5, 5.41) is 21.7. The van der Waals surface area contributed by atoms with Crippen LogP contribution >= 0.6 is 0 Å². The Morgan fingerprint density at radius 2 is 1.81 bits per heavy atom. The van der Waals surface area contributed by atoms with E-state index < -0.39 is 16.6 Å². The zero-order chi connectivity index (χ0) is 19.8. The van der Waals surface area contributed by atoms with E-state index in [0.717, 1.165) is 0 Å². The lowest BCUT2D eigenvalue weighted by atomic mass is 10.1. The van der Waals surface area contributed by atoms with Gasteiger partial charge >= 0.3 is 0 Å². The number of anilines is 1. The van der Waals surface area contributed by atoms with Gasteiger partial charge in [-0.3, -0.25) is 19.7 Å². The Hall–Kier alpha value is -3.99. The van der Waals surface area contributed by atoms with Crippen molar-refractivity contribution >= 4 is 29.1 Å². The van der Waals surface area contributed by atoms with Crippen molar-refractivity contribution in [2.75, 3.05) is 11.9 Å². The van der Waals surface area contributed by atoms with Crippen molar-refractivity contribution in [1.82, 2.24) is 0 Å². The molecule has 1 amide bonds. The molecule has 0 fully saturated rings. The van der Waals surface area contributed by atoms with Crippen LogP contribution in [0.2, 0.25) is 0 Å². The molecule has 0 bridgehead atoms. The fraction of sp³-hybridized carbons (Fsp3) is 0.105. The predicted octanol–water partition coefficient (Wildman–Crippen LogP) is 3.11. The zero-order valence-corrected chi connectivity index (χ0v) is 14.3. The predicted molar refractivity (Wildman–Crippen MR) is 97.9 cm³/mol. The number of amides is 1. The number of Topliss-reactive ketones (excluding diaryl/α,β-unsaturated/α-hetero) is 1. The van der Waals surface area contributed by atoms with Gasteiger partial charge in [0.2, 0.25) is 0 Å². The van der Waals surface area contributed by atoms with Gasteiger partial charge in [0, 0.05) is 17.8 Å². The number of nitriles is 1. The first-order valence-electron chi connectivity index (χ1n) is 7.79. The molecule has 136 valence electrons. The summed E-state index contributed by atoms with van der Waals surface area (Å²) in [6.07, 6.45) is 1.43. The number of non-ortho nitro benzene ring substituents is 1. The average Bonchev–Trinajstić information content (AvgIpc) is 2.65. The van der Waals surface area contributed by atoms with Crippen LogP contribution < -0.4 is 10.1 Å². The van der Waals surface area contributed by atoms with E-state index in [0.29, 0.717) is 17.0 Å². The molecule has 0 unspecified atom stereocenters. The minimum atomic E-state index is -0.624. The lowest BCUT2D eigenvalue weighted by Crippen LogP contribution is -2.18. The number of nitro benzene ring substituents is 1. The van der Waals surface area contributed by atoms with E-state index >= 15 is 0 Å². The van der Waals surface area contributed by atoms with Crippen molar-refractivity contribution in [2.24, 2.45) is 0 Å². The molecule has 0 aliphatic rings. The van der Waals surface area contributed by atoms with Gasteiger partial charge in [-0.25, -0.2) is 0 Å². The third-order valence-corrected chi connectivity index (χ3v) is 3.45. The van der Waals surface area contributed by atoms with Crippen molar-refractivity contribution in [3.63, 3.8) is 0 Å². The maximum atomic E-state index is 12.4. The van der Waals surface area contributed by atoms with Crippen LogP contribution in [-0.2, 0) is 9.59 Å². The number of nitro groups is 1. The molecule has 0 radical (unpaired) electrons. The topological polar surface area (TPSA) is 122 Å². The number of carbonyl (C=O) groups excluding carboxylic acids is 2. The second kappa shape index (κ2) is 8.92. The van der Waals surface area contributed by atoms with Crippen LogP contribution in [0.1, 0.15) is 12.5 Å². The van der Waals surface area contributed by atoms with Crippen molar-refractivity contribution in [3.8, 4) is 11.8 Å². The Balaban J connectivity index is 2.16. The molecule has 0 aliphatic carbocycles. The molecule has 0 aromatic heterocycles. The van der Waals surface area contributed by atoms with Gasteiger partial charge in [0.05, 0.1) is 10.5 Å². The average molecular weight is 365 g/mol. The van der Waals surface area contributed by atoms with Crippen molar-refractivity contribution in [2.45, 2.75) is 6.92 Å². The fourth-order valence-corrected chi connectivity index (χ4v) is 2.13. The van der Waals surface area contributed by atoms with Crippen LogP contribution in [0.25, 0.3) is 6.08 Å². The van der Waals surface area contributed by atoms with E-state index in [1.165, 1.54) is 37.3 Å². The van der Waals surface area contributed by atoms with Gasteiger partial charge < -0.3 is 10.1 Å². The highest BCUT2D eigenvalue weighted by Crippen LogP contribution is 2.18. The molecule has 27 heavy (non-hydrogen) atoms. The molecule has 1 N–H and O–H groups in total. The second-order valence-electron chi connectivity index (χ2n) is 5.39. The highest BCUT2D eigenvalue weighted by atomic mass is 16.6. The van der Waals surface area contributed by atoms with Crippen LogP contribution in [0, 0.1) is 21.4 Å². The molecule has 0 saturated heterocycles. The minimum Gasteiger partial charge on any atom is -0.479 e. The van der Waals surface area contributed by atoms with Gasteiger partial charge in [0.1, 0.15) is 11.8 Å². The van der Waals surface area contributed by atoms with Gasteiger partial charge in [-0.05, 0) is 42.8 Å². The summed E-state index contributed by atoms with van der Waals surface area (Å²) in [5.74, 6) is -0.561. The number of ether oxygens (including phenoxy) is 1. The summed E-state index contributed by atoms with van der Waals surface area (Å²) < 4.78 is 5.14. The van der Waals surface area contributed by atoms with Gasteiger partial charge in [-0.15, -0.1) is 0 Å². The molecule has 2 rings (SSSR count). The number of hydrogen-bond acceptors (Lipinski definition) is 6. The molecule has 0 aliphatic heterocycles. The summed E-state index contributed by atoms with van der Waals surface area (Å²) in [4.78, 5) is 34.4. The van der Waals surface area contributed by atoms with Crippen LogP contribution in [0.4, 0.5) is 11.4 Å². The van der Waals surface area contributed by atoms with Gasteiger partial charge in [0.25, 0.3) is 11.6 Å². The van der Waals surface area contributed by atoms with Gasteiger partial charge in [-0.1, -0.05) is 12.1 Å². The lowest BCUT2D eigenvalue weighted by molar-refractivity contribution is -0.384. The van der Waals surface area contributed by atoms with Crippen molar-refractivity contribution in [1.29, 1.82) is 5.26 Å². The molecule has 8 heteroatoms. The van der Waals surface area contributed by atoms with Crippen LogP contribution in [-0.4, -0.2) is 23.2 Å². The van der Waals surface area contributed by atoms with Crippen molar-refractivity contribution < 1.29 is 19.2 Å². The third kappa shape index (κ3) is 5.51. The van der Waals surface area contributed by atoms with E-state index in [-0.39, 0.29) is 17.9 Å². The van der Waals surface area contributed by atoms with Crippen LogP contribution in [0.3, 0.4) is 0 Å². The van der Waals surface area contributed by atoms with E-state index in [1.807, 2.05) is 6.07 Å². The second-order valence-corrected chi connectivity index (χ2v) is 5.39. The Morgan fingerprint density at radius 1 is 1.19 bits per heavy atom. The number of carbonyl (C=O) groups is 2. The summed E-state index contributed by atoms with van der Waals surface area (Å²) in [7, 11) is 0. The standard InChI is InChI=1S/C19H15N3O5/c1-13(23)18(12-14-2-8-17(9-3-14)27-11-10-20)19(24)21-15-4-6-16(7-5-15)22(25)26/h2-9,12H,11H2,1H3,(H,21,24)/b18-12+. The minimum absolute atomic E-state index is 0.0703. The largest absolute Gasteiger partial charge is 0.479 e. The first-order chi connectivity index (χ1) is 12.9. The molecule has 0 spiro atoms. The third-order valence-electron chi connectivity index (χ3n) is 3.45. The first-order valence-corrected chi connectivity index (χ1v) is 7.79. The van der Waals surface area contributed by atoms with E-state index in [9.17, 15) is 19.7 Å². The van der Waals surface area contributed by atoms with E-state index in [2.05, 4.69) is 5.32 Å². The van der Waals surface area contributed by atoms with Gasteiger partial charge in [-0.2, -0.15) is 5.26 Å². The maximum Gasteiger partial charge on any atom is 0.269 e. The summed E-state index contributed by atoms with van der Waals surface area (Å²) in [5.41, 5.74) is 0.759. The fourth-order valence-electron chi connectivity index (χ4n) is 2.13. The molecular formula is C19H15N3O5. The summed E-state index contributed by atoms with van der Waals surface area (Å²) >= 11 is 0. The van der Waals surface area contributed by atoms with Crippen LogP contribution in [0.5, 0.6) is 5.75 Å². The smallest absolute Gasteiger partial charge is 0.269 e. The molecule has 0 heterocycles. The number of rotatable bonds is 7. The monoisotopic (exact) mass is 365 g/mol. The highest BCUT2D eigenvalue weighted by molar-refractivity contribution is 6.25. The number of benzene rings is 2. The SMILES string of the molecule is CC(=O)/C(=C\c1ccc(OCC#N)cc1)C(=O)Nc1ccc([N+](=O)[O-])cc1. The quantitative estimate of drug-likeness (QED) is 0.264. The molecule has 2 aromatic rings. The number of nitrogens with one attached hydrogen (secondary N) is 1. The molecule has 2 aromatic carbocycles. The Bertz CT molecular complexity index is 925. The molecular weight excluding hydrogens is 350 g/mol. The zero-order valence-electron chi connectivity index (χ0n) is 14.3. The van der Waals surface area contributed by atoms with Crippen LogP contribution in [0.15, 0.2) is 54.1 Å². The number of hydrogen-bond donors (Lipinski definition) is 1. The van der Waals surface area contributed by atoms with Gasteiger partial charge in [0.15, 0.2) is 12.4 Å². The lowest BCUT2D eigenvalue weighted by Gasteiger charge is -2.07. The molecule has 8 nitrogen and oxygen atoms in total. The number of ketones is 1. The number of nitrogens with zero attached hydrogens (tertiary/aromatic N) is 2. The first kappa shape index (κ1) is 19.3. The Labute approximate surface area is 154 Å². The Morgan fingerprint density at radius 3 is 2.33 bits per heavy atom. The van der Waals surface area contributed by atoms with E-state index in [1.54, 1.807) is 24.3 Å².